The Bertz CT molecular complexity index is 553. The summed E-state index contributed by atoms with van der Waals surface area (Å²) in [5.41, 5.74) is 4.23. The van der Waals surface area contributed by atoms with E-state index in [1.165, 1.54) is 23.1 Å². The molecule has 2 aromatic rings. The molecule has 0 amide bonds. The number of rotatable bonds is 6. The lowest BCUT2D eigenvalue weighted by atomic mass is 9.74. The summed E-state index contributed by atoms with van der Waals surface area (Å²) in [6, 6.07) is 9.14. The SMILES string of the molecule is CCCNC(CC1Cc2ccccc21)c1cncnc1. The van der Waals surface area contributed by atoms with Gasteiger partial charge in [-0.15, -0.1) is 0 Å². The highest BCUT2D eigenvalue weighted by atomic mass is 14.9. The van der Waals surface area contributed by atoms with E-state index in [9.17, 15) is 0 Å². The number of hydrogen-bond acceptors (Lipinski definition) is 3. The highest BCUT2D eigenvalue weighted by molar-refractivity contribution is 5.40. The van der Waals surface area contributed by atoms with Crippen molar-refractivity contribution in [3.8, 4) is 0 Å². The van der Waals surface area contributed by atoms with Crippen LogP contribution in [0.15, 0.2) is 43.0 Å². The van der Waals surface area contributed by atoms with Crippen LogP contribution < -0.4 is 5.32 Å². The molecular formula is C17H21N3. The van der Waals surface area contributed by atoms with Crippen LogP contribution in [0.2, 0.25) is 0 Å². The Kier molecular flexibility index (Phi) is 4.07. The topological polar surface area (TPSA) is 37.8 Å². The van der Waals surface area contributed by atoms with Crippen molar-refractivity contribution in [2.24, 2.45) is 0 Å². The van der Waals surface area contributed by atoms with E-state index >= 15 is 0 Å². The van der Waals surface area contributed by atoms with Gasteiger partial charge in [-0.2, -0.15) is 0 Å². The van der Waals surface area contributed by atoms with Crippen LogP contribution in [0.25, 0.3) is 0 Å². The van der Waals surface area contributed by atoms with E-state index in [1.54, 1.807) is 6.33 Å². The molecule has 1 aromatic heterocycles. The average Bonchev–Trinajstić information content (AvgIpc) is 2.49. The third kappa shape index (κ3) is 2.73. The van der Waals surface area contributed by atoms with Gasteiger partial charge in [-0.25, -0.2) is 9.97 Å². The fourth-order valence-electron chi connectivity index (χ4n) is 3.00. The Morgan fingerprint density at radius 3 is 2.80 bits per heavy atom. The van der Waals surface area contributed by atoms with Crippen LogP contribution in [-0.4, -0.2) is 16.5 Å². The molecule has 2 unspecified atom stereocenters. The fraction of sp³-hybridized carbons (Fsp3) is 0.412. The summed E-state index contributed by atoms with van der Waals surface area (Å²) in [6.45, 7) is 3.23. The lowest BCUT2D eigenvalue weighted by Crippen LogP contribution is -2.28. The first-order valence-electron chi connectivity index (χ1n) is 7.44. The molecule has 104 valence electrons. The molecule has 0 saturated heterocycles. The zero-order valence-corrected chi connectivity index (χ0v) is 11.9. The minimum Gasteiger partial charge on any atom is -0.310 e. The Morgan fingerprint density at radius 2 is 2.05 bits per heavy atom. The third-order valence-electron chi connectivity index (χ3n) is 4.11. The monoisotopic (exact) mass is 267 g/mol. The molecule has 3 rings (SSSR count). The van der Waals surface area contributed by atoms with Crippen molar-refractivity contribution in [3.63, 3.8) is 0 Å². The van der Waals surface area contributed by atoms with Crippen LogP contribution in [0.4, 0.5) is 0 Å². The van der Waals surface area contributed by atoms with Gasteiger partial charge in [-0.3, -0.25) is 0 Å². The highest BCUT2D eigenvalue weighted by Crippen LogP contribution is 2.40. The van der Waals surface area contributed by atoms with Crippen LogP contribution >= 0.6 is 0 Å². The Hall–Kier alpha value is -1.74. The van der Waals surface area contributed by atoms with Crippen molar-refractivity contribution in [3.05, 3.63) is 59.7 Å². The maximum absolute atomic E-state index is 4.16. The van der Waals surface area contributed by atoms with Gasteiger partial charge >= 0.3 is 0 Å². The largest absolute Gasteiger partial charge is 0.310 e. The maximum Gasteiger partial charge on any atom is 0.115 e. The van der Waals surface area contributed by atoms with E-state index in [0.29, 0.717) is 12.0 Å². The number of fused-ring (bicyclic) bond motifs is 1. The number of nitrogens with zero attached hydrogens (tertiary/aromatic N) is 2. The van der Waals surface area contributed by atoms with Gasteiger partial charge in [0.1, 0.15) is 6.33 Å². The van der Waals surface area contributed by atoms with Crippen molar-refractivity contribution in [2.45, 2.75) is 38.1 Å². The van der Waals surface area contributed by atoms with Gasteiger partial charge in [-0.1, -0.05) is 31.2 Å². The van der Waals surface area contributed by atoms with Crippen molar-refractivity contribution < 1.29 is 0 Å². The van der Waals surface area contributed by atoms with E-state index in [2.05, 4.69) is 46.5 Å². The molecule has 1 aliphatic rings. The quantitative estimate of drug-likeness (QED) is 0.873. The molecule has 2 atom stereocenters. The molecule has 1 heterocycles. The molecule has 0 saturated carbocycles. The molecule has 0 spiro atoms. The summed E-state index contributed by atoms with van der Waals surface area (Å²) in [6.07, 6.45) is 8.94. The smallest absolute Gasteiger partial charge is 0.115 e. The number of hydrogen-bond donors (Lipinski definition) is 1. The van der Waals surface area contributed by atoms with E-state index < -0.39 is 0 Å². The third-order valence-corrected chi connectivity index (χ3v) is 4.11. The van der Waals surface area contributed by atoms with Crippen molar-refractivity contribution in [2.75, 3.05) is 6.54 Å². The first-order chi connectivity index (χ1) is 9.88. The molecular weight excluding hydrogens is 246 g/mol. The van der Waals surface area contributed by atoms with Crippen LogP contribution in [-0.2, 0) is 6.42 Å². The number of nitrogens with one attached hydrogen (secondary N) is 1. The summed E-state index contributed by atoms with van der Waals surface area (Å²) in [7, 11) is 0. The molecule has 0 radical (unpaired) electrons. The summed E-state index contributed by atoms with van der Waals surface area (Å²) in [5.74, 6) is 0.667. The molecule has 3 heteroatoms. The zero-order chi connectivity index (χ0) is 13.8. The summed E-state index contributed by atoms with van der Waals surface area (Å²) in [4.78, 5) is 8.32. The Balaban J connectivity index is 1.72. The first-order valence-corrected chi connectivity index (χ1v) is 7.44. The minimum absolute atomic E-state index is 0.356. The molecule has 1 aliphatic carbocycles. The van der Waals surface area contributed by atoms with Gasteiger partial charge < -0.3 is 5.32 Å². The zero-order valence-electron chi connectivity index (χ0n) is 11.9. The second-order valence-electron chi connectivity index (χ2n) is 5.51. The van der Waals surface area contributed by atoms with Crippen molar-refractivity contribution in [1.82, 2.24) is 15.3 Å². The standard InChI is InChI=1S/C17H21N3/c1-2-7-20-17(15-10-18-12-19-11-15)9-14-8-13-5-3-4-6-16(13)14/h3-6,10-12,14,17,20H,2,7-9H2,1H3. The van der Waals surface area contributed by atoms with Gasteiger partial charge in [0.05, 0.1) is 0 Å². The summed E-state index contributed by atoms with van der Waals surface area (Å²) < 4.78 is 0. The van der Waals surface area contributed by atoms with Crippen LogP contribution in [0.1, 0.15) is 48.4 Å². The summed E-state index contributed by atoms with van der Waals surface area (Å²) in [5, 5.41) is 3.64. The fourth-order valence-corrected chi connectivity index (χ4v) is 3.00. The Labute approximate surface area is 120 Å². The Morgan fingerprint density at radius 1 is 1.25 bits per heavy atom. The normalized spacial score (nSPS) is 18.1. The average molecular weight is 267 g/mol. The molecule has 1 N–H and O–H groups in total. The summed E-state index contributed by atoms with van der Waals surface area (Å²) >= 11 is 0. The highest BCUT2D eigenvalue weighted by Gasteiger charge is 2.28. The van der Waals surface area contributed by atoms with E-state index in [1.807, 2.05) is 12.4 Å². The predicted octanol–water partition coefficient (Wildman–Crippen LogP) is 3.25. The molecule has 20 heavy (non-hydrogen) atoms. The first kappa shape index (κ1) is 13.3. The van der Waals surface area contributed by atoms with Gasteiger partial charge in [-0.05, 0) is 42.9 Å². The van der Waals surface area contributed by atoms with Crippen LogP contribution in [0, 0.1) is 0 Å². The maximum atomic E-state index is 4.16. The molecule has 1 aromatic carbocycles. The number of aromatic nitrogens is 2. The van der Waals surface area contributed by atoms with Gasteiger partial charge in [0.15, 0.2) is 0 Å². The predicted molar refractivity (Wildman–Crippen MR) is 80.6 cm³/mol. The molecule has 0 fully saturated rings. The molecule has 3 nitrogen and oxygen atoms in total. The second-order valence-corrected chi connectivity index (χ2v) is 5.51. The lowest BCUT2D eigenvalue weighted by molar-refractivity contribution is 0.426. The van der Waals surface area contributed by atoms with Crippen molar-refractivity contribution in [1.29, 1.82) is 0 Å². The second kappa shape index (κ2) is 6.14. The number of benzene rings is 1. The van der Waals surface area contributed by atoms with Crippen LogP contribution in [0.3, 0.4) is 0 Å². The van der Waals surface area contributed by atoms with E-state index in [4.69, 9.17) is 0 Å². The molecule has 0 aliphatic heterocycles. The minimum atomic E-state index is 0.356. The van der Waals surface area contributed by atoms with Gasteiger partial charge in [0.2, 0.25) is 0 Å². The van der Waals surface area contributed by atoms with Gasteiger partial charge in [0.25, 0.3) is 0 Å². The van der Waals surface area contributed by atoms with Crippen LogP contribution in [0.5, 0.6) is 0 Å². The molecule has 0 bridgehead atoms. The van der Waals surface area contributed by atoms with Crippen molar-refractivity contribution >= 4 is 0 Å². The van der Waals surface area contributed by atoms with E-state index in [-0.39, 0.29) is 0 Å². The lowest BCUT2D eigenvalue weighted by Gasteiger charge is -2.33. The van der Waals surface area contributed by atoms with Gasteiger partial charge in [0, 0.05) is 24.0 Å². The van der Waals surface area contributed by atoms with E-state index in [0.717, 1.165) is 19.4 Å².